The van der Waals surface area contributed by atoms with Crippen LogP contribution in [0.25, 0.3) is 0 Å². The Hall–Kier alpha value is -1.42. The Morgan fingerprint density at radius 2 is 2.21 bits per heavy atom. The van der Waals surface area contributed by atoms with E-state index < -0.39 is 15.6 Å². The van der Waals surface area contributed by atoms with E-state index in [-0.39, 0.29) is 4.90 Å². The van der Waals surface area contributed by atoms with Crippen LogP contribution in [0.1, 0.15) is 24.5 Å². The van der Waals surface area contributed by atoms with Crippen molar-refractivity contribution in [1.29, 1.82) is 5.26 Å². The van der Waals surface area contributed by atoms with Gasteiger partial charge in [-0.3, -0.25) is 0 Å². The maximum absolute atomic E-state index is 12.3. The van der Waals surface area contributed by atoms with Crippen molar-refractivity contribution in [3.05, 3.63) is 29.3 Å². The lowest BCUT2D eigenvalue weighted by Crippen LogP contribution is -2.47. The third-order valence-corrected chi connectivity index (χ3v) is 5.01. The van der Waals surface area contributed by atoms with Crippen LogP contribution in [-0.2, 0) is 10.0 Å². The first-order valence-corrected chi connectivity index (χ1v) is 7.60. The van der Waals surface area contributed by atoms with E-state index in [0.717, 1.165) is 13.0 Å². The maximum Gasteiger partial charge on any atom is 0.241 e. The van der Waals surface area contributed by atoms with E-state index in [1.165, 1.54) is 12.1 Å². The SMILES string of the molecule is Cc1cc(S(=O)(=O)NC2(C)CCNC2)ccc1C#N. The van der Waals surface area contributed by atoms with Crippen molar-refractivity contribution < 1.29 is 8.42 Å². The summed E-state index contributed by atoms with van der Waals surface area (Å²) >= 11 is 0. The molecule has 2 rings (SSSR count). The van der Waals surface area contributed by atoms with Gasteiger partial charge in [-0.05, 0) is 50.6 Å². The van der Waals surface area contributed by atoms with Gasteiger partial charge < -0.3 is 5.32 Å². The van der Waals surface area contributed by atoms with Crippen molar-refractivity contribution in [2.45, 2.75) is 30.7 Å². The molecular formula is C13H17N3O2S. The molecule has 1 aromatic rings. The zero-order valence-corrected chi connectivity index (χ0v) is 11.8. The highest BCUT2D eigenvalue weighted by Crippen LogP contribution is 2.20. The molecule has 1 fully saturated rings. The lowest BCUT2D eigenvalue weighted by molar-refractivity contribution is 0.452. The molecular weight excluding hydrogens is 262 g/mol. The fourth-order valence-corrected chi connectivity index (χ4v) is 3.74. The zero-order chi connectivity index (χ0) is 14.1. The number of nitrogens with one attached hydrogen (secondary N) is 2. The van der Waals surface area contributed by atoms with Crippen LogP contribution in [0.4, 0.5) is 0 Å². The van der Waals surface area contributed by atoms with Crippen molar-refractivity contribution in [2.24, 2.45) is 0 Å². The monoisotopic (exact) mass is 279 g/mol. The normalized spacial score (nSPS) is 23.2. The Balaban J connectivity index is 2.30. The minimum Gasteiger partial charge on any atom is -0.315 e. The fourth-order valence-electron chi connectivity index (χ4n) is 2.22. The highest BCUT2D eigenvalue weighted by molar-refractivity contribution is 7.89. The number of rotatable bonds is 3. The number of benzene rings is 1. The van der Waals surface area contributed by atoms with Gasteiger partial charge in [-0.2, -0.15) is 5.26 Å². The predicted octanol–water partition coefficient (Wildman–Crippen LogP) is 0.897. The van der Waals surface area contributed by atoms with Crippen molar-refractivity contribution >= 4 is 10.0 Å². The molecule has 0 aromatic heterocycles. The average molecular weight is 279 g/mol. The number of aryl methyl sites for hydroxylation is 1. The summed E-state index contributed by atoms with van der Waals surface area (Å²) in [6, 6.07) is 6.58. The largest absolute Gasteiger partial charge is 0.315 e. The number of nitrogens with zero attached hydrogens (tertiary/aromatic N) is 1. The second-order valence-corrected chi connectivity index (χ2v) is 6.86. The van der Waals surface area contributed by atoms with E-state index in [2.05, 4.69) is 10.0 Å². The van der Waals surface area contributed by atoms with Crippen LogP contribution >= 0.6 is 0 Å². The third-order valence-electron chi connectivity index (χ3n) is 3.38. The molecule has 6 heteroatoms. The second kappa shape index (κ2) is 4.93. The zero-order valence-electron chi connectivity index (χ0n) is 11.0. The van der Waals surface area contributed by atoms with E-state index in [1.54, 1.807) is 13.0 Å². The van der Waals surface area contributed by atoms with E-state index in [9.17, 15) is 8.42 Å². The molecule has 1 saturated heterocycles. The Morgan fingerprint density at radius 3 is 2.74 bits per heavy atom. The van der Waals surface area contributed by atoms with Crippen LogP contribution in [-0.4, -0.2) is 27.0 Å². The average Bonchev–Trinajstić information content (AvgIpc) is 2.74. The molecule has 1 unspecified atom stereocenters. The molecule has 1 aliphatic heterocycles. The summed E-state index contributed by atoms with van der Waals surface area (Å²) in [5.74, 6) is 0. The van der Waals surface area contributed by atoms with Crippen molar-refractivity contribution in [3.63, 3.8) is 0 Å². The number of hydrogen-bond acceptors (Lipinski definition) is 4. The summed E-state index contributed by atoms with van der Waals surface area (Å²) in [6.45, 7) is 5.06. The maximum atomic E-state index is 12.3. The first-order chi connectivity index (χ1) is 8.86. The molecule has 1 heterocycles. The summed E-state index contributed by atoms with van der Waals surface area (Å²) in [5.41, 5.74) is 0.716. The van der Waals surface area contributed by atoms with Gasteiger partial charge in [0, 0.05) is 12.1 Å². The fraction of sp³-hybridized carbons (Fsp3) is 0.462. The molecule has 1 atom stereocenters. The summed E-state index contributed by atoms with van der Waals surface area (Å²) < 4.78 is 27.4. The smallest absolute Gasteiger partial charge is 0.241 e. The van der Waals surface area contributed by atoms with Gasteiger partial charge in [-0.15, -0.1) is 0 Å². The van der Waals surface area contributed by atoms with Crippen LogP contribution in [0, 0.1) is 18.3 Å². The molecule has 5 nitrogen and oxygen atoms in total. The summed E-state index contributed by atoms with van der Waals surface area (Å²) in [5, 5.41) is 12.0. The van der Waals surface area contributed by atoms with Gasteiger partial charge in [0.05, 0.1) is 16.5 Å². The van der Waals surface area contributed by atoms with Gasteiger partial charge in [-0.25, -0.2) is 13.1 Å². The minimum atomic E-state index is -3.55. The Bertz CT molecular complexity index is 626. The Morgan fingerprint density at radius 1 is 1.47 bits per heavy atom. The molecule has 1 aliphatic rings. The summed E-state index contributed by atoms with van der Waals surface area (Å²) in [6.07, 6.45) is 0.765. The molecule has 0 spiro atoms. The summed E-state index contributed by atoms with van der Waals surface area (Å²) in [7, 11) is -3.55. The van der Waals surface area contributed by atoms with Crippen LogP contribution in [0.3, 0.4) is 0 Å². The van der Waals surface area contributed by atoms with Gasteiger partial charge in [0.1, 0.15) is 0 Å². The van der Waals surface area contributed by atoms with Gasteiger partial charge in [0.2, 0.25) is 10.0 Å². The molecule has 19 heavy (non-hydrogen) atoms. The second-order valence-electron chi connectivity index (χ2n) is 5.18. The number of sulfonamides is 1. The van der Waals surface area contributed by atoms with Crippen LogP contribution < -0.4 is 10.0 Å². The quantitative estimate of drug-likeness (QED) is 0.861. The van der Waals surface area contributed by atoms with E-state index >= 15 is 0 Å². The highest BCUT2D eigenvalue weighted by Gasteiger charge is 2.33. The van der Waals surface area contributed by atoms with Gasteiger partial charge in [0.15, 0.2) is 0 Å². The van der Waals surface area contributed by atoms with Gasteiger partial charge in [0.25, 0.3) is 0 Å². The van der Waals surface area contributed by atoms with Crippen molar-refractivity contribution in [3.8, 4) is 6.07 Å². The third kappa shape index (κ3) is 2.95. The van der Waals surface area contributed by atoms with E-state index in [0.29, 0.717) is 17.7 Å². The van der Waals surface area contributed by atoms with Crippen LogP contribution in [0.2, 0.25) is 0 Å². The van der Waals surface area contributed by atoms with Crippen molar-refractivity contribution in [1.82, 2.24) is 10.0 Å². The first-order valence-electron chi connectivity index (χ1n) is 6.12. The predicted molar refractivity (Wildman–Crippen MR) is 72.1 cm³/mol. The molecule has 0 amide bonds. The molecule has 0 radical (unpaired) electrons. The Labute approximate surface area is 113 Å². The molecule has 0 bridgehead atoms. The molecule has 0 aliphatic carbocycles. The lowest BCUT2D eigenvalue weighted by Gasteiger charge is -2.24. The highest BCUT2D eigenvalue weighted by atomic mass is 32.2. The van der Waals surface area contributed by atoms with Gasteiger partial charge >= 0.3 is 0 Å². The lowest BCUT2D eigenvalue weighted by atomic mass is 10.0. The number of nitriles is 1. The van der Waals surface area contributed by atoms with E-state index in [4.69, 9.17) is 5.26 Å². The topological polar surface area (TPSA) is 82.0 Å². The Kier molecular flexibility index (Phi) is 3.63. The molecule has 1 aromatic carbocycles. The van der Waals surface area contributed by atoms with Crippen LogP contribution in [0.15, 0.2) is 23.1 Å². The van der Waals surface area contributed by atoms with Crippen LogP contribution in [0.5, 0.6) is 0 Å². The summed E-state index contributed by atoms with van der Waals surface area (Å²) in [4.78, 5) is 0.206. The minimum absolute atomic E-state index is 0.206. The first kappa shape index (κ1) is 14.0. The molecule has 2 N–H and O–H groups in total. The van der Waals surface area contributed by atoms with Gasteiger partial charge in [-0.1, -0.05) is 0 Å². The number of hydrogen-bond donors (Lipinski definition) is 2. The molecule has 102 valence electrons. The standard InChI is InChI=1S/C13H17N3O2S/c1-10-7-12(4-3-11(10)8-14)19(17,18)16-13(2)5-6-15-9-13/h3-4,7,15-16H,5-6,9H2,1-2H3. The van der Waals surface area contributed by atoms with E-state index in [1.807, 2.05) is 13.0 Å². The van der Waals surface area contributed by atoms with Crippen molar-refractivity contribution in [2.75, 3.05) is 13.1 Å². The molecule has 0 saturated carbocycles.